The second-order valence-corrected chi connectivity index (χ2v) is 13.9. The molecule has 2 fully saturated rings. The highest BCUT2D eigenvalue weighted by atomic mass is 19.1. The number of aromatic nitrogens is 8. The van der Waals surface area contributed by atoms with Gasteiger partial charge in [-0.15, -0.1) is 0 Å². The predicted molar refractivity (Wildman–Crippen MR) is 198 cm³/mol. The minimum atomic E-state index is -1.07. The molecule has 6 aromatic heterocycles. The first-order valence-corrected chi connectivity index (χ1v) is 18.5. The molecule has 55 heavy (non-hydrogen) atoms. The number of anilines is 2. The van der Waals surface area contributed by atoms with Gasteiger partial charge in [0, 0.05) is 43.4 Å². The van der Waals surface area contributed by atoms with Crippen LogP contribution in [-0.4, -0.2) is 82.3 Å². The van der Waals surface area contributed by atoms with Gasteiger partial charge in [0.25, 0.3) is 5.91 Å². The van der Waals surface area contributed by atoms with Crippen LogP contribution in [0.3, 0.4) is 0 Å². The number of carbonyl (C=O) groups is 2. The van der Waals surface area contributed by atoms with Gasteiger partial charge in [-0.2, -0.15) is 10.2 Å². The summed E-state index contributed by atoms with van der Waals surface area (Å²) in [6.07, 6.45) is 15.5. The highest BCUT2D eigenvalue weighted by Gasteiger charge is 2.32. The Balaban J connectivity index is 0.000000155. The number of nitrogens with two attached hydrogens (primary N) is 1. The third kappa shape index (κ3) is 7.14. The van der Waals surface area contributed by atoms with E-state index >= 15 is 0 Å². The maximum Gasteiger partial charge on any atom is 0.341 e. The van der Waals surface area contributed by atoms with E-state index in [1.807, 2.05) is 12.3 Å². The Morgan fingerprint density at radius 2 is 1.49 bits per heavy atom. The van der Waals surface area contributed by atoms with Crippen LogP contribution in [0.5, 0.6) is 0 Å². The number of aromatic carboxylic acids is 1. The number of nitrogens with zero attached hydrogens (tertiary/aromatic N) is 10. The lowest BCUT2D eigenvalue weighted by Gasteiger charge is -2.27. The lowest BCUT2D eigenvalue weighted by molar-refractivity contribution is 0.0698. The molecular weight excluding hydrogens is 710 g/mol. The number of carbonyl (C=O) groups excluding carboxylic acids is 1. The average molecular weight is 751 g/mol. The van der Waals surface area contributed by atoms with E-state index < -0.39 is 5.97 Å². The topological polar surface area (TPSA) is 185 Å². The van der Waals surface area contributed by atoms with Crippen LogP contribution in [0.25, 0.3) is 11.3 Å². The van der Waals surface area contributed by atoms with Gasteiger partial charge in [0.05, 0.1) is 36.9 Å². The molecule has 9 heterocycles. The summed E-state index contributed by atoms with van der Waals surface area (Å²) >= 11 is 0. The van der Waals surface area contributed by atoms with Crippen molar-refractivity contribution in [2.24, 2.45) is 5.73 Å². The van der Waals surface area contributed by atoms with E-state index in [1.165, 1.54) is 23.1 Å². The van der Waals surface area contributed by atoms with Crippen LogP contribution in [-0.2, 0) is 12.8 Å². The van der Waals surface area contributed by atoms with Gasteiger partial charge in [0.15, 0.2) is 11.3 Å². The number of carboxylic acid groups (broad SMARTS) is 1. The van der Waals surface area contributed by atoms with Crippen LogP contribution in [0.15, 0.2) is 61.4 Å². The molecule has 6 aromatic rings. The largest absolute Gasteiger partial charge is 0.477 e. The number of aryl methyl sites for hydroxylation is 2. The first-order chi connectivity index (χ1) is 26.8. The molecule has 4 N–H and O–H groups in total. The molecule has 9 rings (SSSR count). The van der Waals surface area contributed by atoms with Crippen molar-refractivity contribution in [3.8, 4) is 0 Å². The summed E-state index contributed by atoms with van der Waals surface area (Å²) in [5.74, 6) is -0.526. The molecule has 17 heteroatoms. The van der Waals surface area contributed by atoms with Crippen LogP contribution in [0, 0.1) is 11.6 Å². The predicted octanol–water partition coefficient (Wildman–Crippen LogP) is 4.48. The van der Waals surface area contributed by atoms with Crippen molar-refractivity contribution < 1.29 is 23.5 Å². The monoisotopic (exact) mass is 750 g/mol. The van der Waals surface area contributed by atoms with Gasteiger partial charge in [-0.3, -0.25) is 14.8 Å². The normalized spacial score (nSPS) is 18.3. The third-order valence-corrected chi connectivity index (χ3v) is 10.4. The lowest BCUT2D eigenvalue weighted by atomic mass is 10.00. The van der Waals surface area contributed by atoms with E-state index in [9.17, 15) is 23.5 Å². The first-order valence-electron chi connectivity index (χ1n) is 18.5. The Labute approximate surface area is 314 Å². The molecule has 2 atom stereocenters. The SMILES string of the molecule is NCCCc1ncc(F)cc1[C@H]1CCCN1c1ccn2ncc(C(=O)O)c2n1.O=C1NCCCc2ncc(F)cc2[C@H]2CCCN2c2ccn3ncc1c3n2. The summed E-state index contributed by atoms with van der Waals surface area (Å²) in [7, 11) is 0. The molecule has 0 unspecified atom stereocenters. The lowest BCUT2D eigenvalue weighted by Crippen LogP contribution is -2.25. The summed E-state index contributed by atoms with van der Waals surface area (Å²) in [5.41, 5.74) is 10.5. The van der Waals surface area contributed by atoms with Gasteiger partial charge in [0.1, 0.15) is 34.4 Å². The number of carboxylic acids is 1. The van der Waals surface area contributed by atoms with Crippen molar-refractivity contribution in [1.82, 2.24) is 44.5 Å². The van der Waals surface area contributed by atoms with E-state index in [1.54, 1.807) is 35.1 Å². The zero-order chi connectivity index (χ0) is 38.1. The standard InChI is InChI=1S/C19H21FN6O2.C19H19FN6O/c20-12-9-13(15(22-10-12)3-1-6-21)16-4-2-7-25(16)17-5-8-26-18(24-17)14(11-23-26)19(27)28;20-12-9-13-15(22-10-12)3-1-6-21-19(27)14-11-23-26-8-5-17(24-18(14)26)25-7-2-4-16(13)25/h5,8-11,16H,1-4,6-7,21H2,(H,27,28);5,8-11,16H,1-4,6-7H2,(H,21,27)/t2*16-/m11/s1. The fourth-order valence-corrected chi connectivity index (χ4v) is 7.86. The van der Waals surface area contributed by atoms with Crippen LogP contribution in [0.2, 0.25) is 0 Å². The molecule has 2 bridgehead atoms. The second kappa shape index (κ2) is 15.3. The van der Waals surface area contributed by atoms with Gasteiger partial charge in [-0.25, -0.2) is 32.6 Å². The first kappa shape index (κ1) is 35.9. The molecule has 2 saturated heterocycles. The number of fused-ring (bicyclic) bond motifs is 6. The Hall–Kier alpha value is -6.10. The molecule has 0 saturated carbocycles. The Morgan fingerprint density at radius 1 is 0.855 bits per heavy atom. The fourth-order valence-electron chi connectivity index (χ4n) is 7.86. The quantitative estimate of drug-likeness (QED) is 0.217. The van der Waals surface area contributed by atoms with Crippen molar-refractivity contribution in [2.75, 3.05) is 36.0 Å². The highest BCUT2D eigenvalue weighted by Crippen LogP contribution is 2.38. The van der Waals surface area contributed by atoms with Gasteiger partial charge in [-0.1, -0.05) is 0 Å². The molecule has 284 valence electrons. The molecule has 0 radical (unpaired) electrons. The molecule has 0 aliphatic carbocycles. The Morgan fingerprint density at radius 3 is 2.20 bits per heavy atom. The smallest absolute Gasteiger partial charge is 0.341 e. The zero-order valence-electron chi connectivity index (χ0n) is 30.0. The van der Waals surface area contributed by atoms with Crippen LogP contribution < -0.4 is 20.9 Å². The average Bonchev–Trinajstić information content (AvgIpc) is 4.02. The van der Waals surface area contributed by atoms with Crippen LogP contribution >= 0.6 is 0 Å². The number of halogens is 2. The van der Waals surface area contributed by atoms with Crippen LogP contribution in [0.4, 0.5) is 20.4 Å². The molecule has 3 aliphatic rings. The van der Waals surface area contributed by atoms with Crippen LogP contribution in [0.1, 0.15) is 93.8 Å². The zero-order valence-corrected chi connectivity index (χ0v) is 30.0. The summed E-state index contributed by atoms with van der Waals surface area (Å²) in [4.78, 5) is 46.1. The van der Waals surface area contributed by atoms with E-state index in [-0.39, 0.29) is 40.8 Å². The molecule has 0 spiro atoms. The van der Waals surface area contributed by atoms with E-state index in [2.05, 4.69) is 40.3 Å². The number of nitrogens with one attached hydrogen (secondary N) is 1. The van der Waals surface area contributed by atoms with Gasteiger partial charge >= 0.3 is 5.97 Å². The number of hydrogen-bond donors (Lipinski definition) is 3. The second-order valence-electron chi connectivity index (χ2n) is 13.9. The molecule has 0 aromatic carbocycles. The fraction of sp³-hybridized carbons (Fsp3) is 0.368. The summed E-state index contributed by atoms with van der Waals surface area (Å²) in [5, 5.41) is 20.5. The molecule has 3 aliphatic heterocycles. The highest BCUT2D eigenvalue weighted by molar-refractivity contribution is 5.99. The third-order valence-electron chi connectivity index (χ3n) is 10.4. The van der Waals surface area contributed by atoms with Crippen molar-refractivity contribution in [2.45, 2.75) is 63.5 Å². The van der Waals surface area contributed by atoms with Crippen molar-refractivity contribution in [1.29, 1.82) is 0 Å². The number of amides is 1. The van der Waals surface area contributed by atoms with Gasteiger partial charge in [-0.05, 0) is 93.3 Å². The van der Waals surface area contributed by atoms with Gasteiger partial charge < -0.3 is 26.0 Å². The van der Waals surface area contributed by atoms with E-state index in [0.717, 1.165) is 79.9 Å². The number of rotatable bonds is 6. The van der Waals surface area contributed by atoms with E-state index in [4.69, 9.17) is 10.7 Å². The van der Waals surface area contributed by atoms with Crippen molar-refractivity contribution in [3.05, 3.63) is 107 Å². The molecular formula is C38H40F2N12O3. The number of hydrogen-bond acceptors (Lipinski definition) is 11. The Kier molecular flexibility index (Phi) is 10.0. The van der Waals surface area contributed by atoms with Crippen molar-refractivity contribution in [3.63, 3.8) is 0 Å². The summed E-state index contributed by atoms with van der Waals surface area (Å²) in [6, 6.07) is 6.81. The molecule has 1 amide bonds. The maximum absolute atomic E-state index is 14.0. The van der Waals surface area contributed by atoms with E-state index in [0.29, 0.717) is 43.0 Å². The minimum Gasteiger partial charge on any atom is -0.477 e. The molecule has 15 nitrogen and oxygen atoms in total. The summed E-state index contributed by atoms with van der Waals surface area (Å²) in [6.45, 7) is 2.64. The summed E-state index contributed by atoms with van der Waals surface area (Å²) < 4.78 is 31.0. The maximum atomic E-state index is 14.0. The minimum absolute atomic E-state index is 0.0361. The van der Waals surface area contributed by atoms with Gasteiger partial charge in [0.2, 0.25) is 0 Å². The Bertz CT molecular complexity index is 2380. The number of pyridine rings is 2. The van der Waals surface area contributed by atoms with Crippen molar-refractivity contribution >= 4 is 34.8 Å².